The third-order valence-electron chi connectivity index (χ3n) is 6.45. The van der Waals surface area contributed by atoms with Gasteiger partial charge < -0.3 is 9.80 Å². The molecular weight excluding hydrogens is 472 g/mol. The van der Waals surface area contributed by atoms with Gasteiger partial charge in [0.05, 0.1) is 0 Å². The molecule has 0 heterocycles. The highest BCUT2D eigenvalue weighted by molar-refractivity contribution is 5.76. The van der Waals surface area contributed by atoms with Crippen molar-refractivity contribution in [2.45, 2.75) is 20.3 Å². The number of nitrogens with zero attached hydrogens (tertiary/aromatic N) is 2. The van der Waals surface area contributed by atoms with Crippen LogP contribution in [0.2, 0.25) is 0 Å². The monoisotopic (exact) mass is 508 g/mol. The zero-order valence-electron chi connectivity index (χ0n) is 22.9. The molecule has 0 saturated carbocycles. The average Bonchev–Trinajstić information content (AvgIpc) is 3.00. The SMILES string of the molecule is C=C/C=C(\C=C)N(c1ccccc1)c1ccc(-c2ccc(N(C(/C=C\CC)=C/C)c3ccccc3)cc2)cc1. The summed E-state index contributed by atoms with van der Waals surface area (Å²) in [5.41, 5.74) is 8.82. The Morgan fingerprint density at radius 1 is 0.615 bits per heavy atom. The fourth-order valence-corrected chi connectivity index (χ4v) is 4.55. The molecule has 0 amide bonds. The van der Waals surface area contributed by atoms with Gasteiger partial charge in [0, 0.05) is 34.1 Å². The molecule has 4 aromatic carbocycles. The Labute approximate surface area is 233 Å². The number of allylic oxidation sites excluding steroid dienone is 6. The van der Waals surface area contributed by atoms with Gasteiger partial charge in [0.25, 0.3) is 0 Å². The second-order valence-electron chi connectivity index (χ2n) is 8.99. The van der Waals surface area contributed by atoms with E-state index in [1.54, 1.807) is 6.08 Å². The van der Waals surface area contributed by atoms with Gasteiger partial charge in [-0.25, -0.2) is 0 Å². The zero-order valence-corrected chi connectivity index (χ0v) is 22.9. The summed E-state index contributed by atoms with van der Waals surface area (Å²) >= 11 is 0. The molecule has 194 valence electrons. The maximum absolute atomic E-state index is 4.03. The van der Waals surface area contributed by atoms with Crippen molar-refractivity contribution < 1.29 is 0 Å². The van der Waals surface area contributed by atoms with Crippen molar-refractivity contribution in [2.75, 3.05) is 9.80 Å². The largest absolute Gasteiger partial charge is 0.311 e. The Balaban J connectivity index is 1.66. The van der Waals surface area contributed by atoms with E-state index in [9.17, 15) is 0 Å². The minimum absolute atomic E-state index is 0.964. The Bertz CT molecular complexity index is 1440. The number of anilines is 4. The molecule has 0 aromatic heterocycles. The quantitative estimate of drug-likeness (QED) is 0.186. The van der Waals surface area contributed by atoms with Gasteiger partial charge in [-0.1, -0.05) is 99.0 Å². The van der Waals surface area contributed by atoms with Crippen LogP contribution < -0.4 is 9.80 Å². The number of hydrogen-bond donors (Lipinski definition) is 0. The Morgan fingerprint density at radius 3 is 1.44 bits per heavy atom. The topological polar surface area (TPSA) is 6.48 Å². The molecule has 0 fully saturated rings. The lowest BCUT2D eigenvalue weighted by molar-refractivity contribution is 1.17. The second kappa shape index (κ2) is 13.6. The Morgan fingerprint density at radius 2 is 1.05 bits per heavy atom. The minimum atomic E-state index is 0.964. The van der Waals surface area contributed by atoms with Crippen LogP contribution >= 0.6 is 0 Å². The third-order valence-corrected chi connectivity index (χ3v) is 6.45. The Hall–Kier alpha value is -4.82. The van der Waals surface area contributed by atoms with Crippen LogP contribution in [-0.4, -0.2) is 0 Å². The Kier molecular flexibility index (Phi) is 9.52. The van der Waals surface area contributed by atoms with E-state index in [0.29, 0.717) is 0 Å². The first kappa shape index (κ1) is 27.2. The van der Waals surface area contributed by atoms with E-state index in [4.69, 9.17) is 0 Å². The first-order chi connectivity index (χ1) is 19.2. The highest BCUT2D eigenvalue weighted by Crippen LogP contribution is 2.34. The van der Waals surface area contributed by atoms with Crippen molar-refractivity contribution in [3.8, 4) is 11.1 Å². The number of benzene rings is 4. The van der Waals surface area contributed by atoms with Crippen LogP contribution in [0.4, 0.5) is 22.7 Å². The summed E-state index contributed by atoms with van der Waals surface area (Å²) < 4.78 is 0. The molecule has 0 bridgehead atoms. The van der Waals surface area contributed by atoms with Crippen LogP contribution in [-0.2, 0) is 0 Å². The molecule has 0 saturated heterocycles. The molecule has 2 heteroatoms. The summed E-state index contributed by atoms with van der Waals surface area (Å²) in [6.45, 7) is 12.1. The molecule has 2 nitrogen and oxygen atoms in total. The third kappa shape index (κ3) is 6.55. The van der Waals surface area contributed by atoms with E-state index in [0.717, 1.165) is 46.1 Å². The summed E-state index contributed by atoms with van der Waals surface area (Å²) in [7, 11) is 0. The predicted molar refractivity (Wildman–Crippen MR) is 171 cm³/mol. The van der Waals surface area contributed by atoms with Crippen molar-refractivity contribution in [1.29, 1.82) is 0 Å². The summed E-state index contributed by atoms with van der Waals surface area (Å²) in [5, 5.41) is 0. The zero-order chi connectivity index (χ0) is 27.5. The van der Waals surface area contributed by atoms with Gasteiger partial charge >= 0.3 is 0 Å². The fraction of sp³-hybridized carbons (Fsp3) is 0.0811. The van der Waals surface area contributed by atoms with Gasteiger partial charge in [-0.05, 0) is 91.2 Å². The molecule has 0 radical (unpaired) electrons. The van der Waals surface area contributed by atoms with Crippen molar-refractivity contribution >= 4 is 22.7 Å². The van der Waals surface area contributed by atoms with Crippen LogP contribution in [0.3, 0.4) is 0 Å². The van der Waals surface area contributed by atoms with Crippen LogP contribution in [0.25, 0.3) is 11.1 Å². The summed E-state index contributed by atoms with van der Waals surface area (Å²) in [6, 6.07) is 38.2. The highest BCUT2D eigenvalue weighted by Gasteiger charge is 2.14. The van der Waals surface area contributed by atoms with E-state index < -0.39 is 0 Å². The fourth-order valence-electron chi connectivity index (χ4n) is 4.55. The van der Waals surface area contributed by atoms with Gasteiger partial charge in [-0.2, -0.15) is 0 Å². The molecule has 0 aliphatic rings. The maximum Gasteiger partial charge on any atom is 0.0462 e. The maximum atomic E-state index is 4.03. The molecule has 0 spiro atoms. The van der Waals surface area contributed by atoms with E-state index in [-0.39, 0.29) is 0 Å². The van der Waals surface area contributed by atoms with Gasteiger partial charge in [0.2, 0.25) is 0 Å². The van der Waals surface area contributed by atoms with Crippen molar-refractivity contribution in [3.05, 3.63) is 170 Å². The number of rotatable bonds is 11. The van der Waals surface area contributed by atoms with E-state index in [2.05, 4.69) is 146 Å². The van der Waals surface area contributed by atoms with Gasteiger partial charge in [0.1, 0.15) is 0 Å². The standard InChI is InChI=1S/C37H36N2/c1-5-9-17-33(8-4)39(35-20-14-11-15-21-35)37-28-24-31(25-29-37)30-22-26-36(27-23-30)38(32(7-3)16-6-2)34-18-12-10-13-19-34/h6-29H,2-3,5H2,1,4H3/b17-9-,32-16+,33-8+. The molecule has 0 N–H and O–H groups in total. The number of para-hydroxylation sites is 2. The summed E-state index contributed by atoms with van der Waals surface area (Å²) in [5.74, 6) is 0. The van der Waals surface area contributed by atoms with E-state index >= 15 is 0 Å². The van der Waals surface area contributed by atoms with E-state index in [1.165, 1.54) is 5.56 Å². The minimum Gasteiger partial charge on any atom is -0.311 e. The smallest absolute Gasteiger partial charge is 0.0462 e. The van der Waals surface area contributed by atoms with Crippen molar-refractivity contribution in [3.63, 3.8) is 0 Å². The molecule has 39 heavy (non-hydrogen) atoms. The van der Waals surface area contributed by atoms with Crippen molar-refractivity contribution in [1.82, 2.24) is 0 Å². The lowest BCUT2D eigenvalue weighted by Crippen LogP contribution is -2.15. The van der Waals surface area contributed by atoms with Crippen LogP contribution in [0.1, 0.15) is 20.3 Å². The predicted octanol–water partition coefficient (Wildman–Crippen LogP) is 10.8. The van der Waals surface area contributed by atoms with Gasteiger partial charge in [-0.15, -0.1) is 0 Å². The highest BCUT2D eigenvalue weighted by atomic mass is 15.1. The molecule has 0 aliphatic carbocycles. The molecule has 4 rings (SSSR count). The molecule has 0 aliphatic heterocycles. The first-order valence-electron chi connectivity index (χ1n) is 13.4. The summed E-state index contributed by atoms with van der Waals surface area (Å²) in [6.07, 6.45) is 13.2. The van der Waals surface area contributed by atoms with Crippen LogP contribution in [0.5, 0.6) is 0 Å². The normalized spacial score (nSPS) is 11.8. The lowest BCUT2D eigenvalue weighted by atomic mass is 10.0. The molecule has 0 unspecified atom stereocenters. The second-order valence-corrected chi connectivity index (χ2v) is 8.99. The number of hydrogen-bond acceptors (Lipinski definition) is 2. The molecule has 0 atom stereocenters. The summed E-state index contributed by atoms with van der Waals surface area (Å²) in [4.78, 5) is 4.47. The average molecular weight is 509 g/mol. The van der Waals surface area contributed by atoms with Gasteiger partial charge in [0.15, 0.2) is 0 Å². The van der Waals surface area contributed by atoms with Crippen molar-refractivity contribution in [2.24, 2.45) is 0 Å². The lowest BCUT2D eigenvalue weighted by Gasteiger charge is -2.27. The molecule has 4 aromatic rings. The van der Waals surface area contributed by atoms with Crippen LogP contribution in [0, 0.1) is 0 Å². The van der Waals surface area contributed by atoms with E-state index in [1.807, 2.05) is 30.4 Å². The first-order valence-corrected chi connectivity index (χ1v) is 13.4. The van der Waals surface area contributed by atoms with Gasteiger partial charge in [-0.3, -0.25) is 0 Å². The van der Waals surface area contributed by atoms with Crippen LogP contribution in [0.15, 0.2) is 170 Å². The molecular formula is C37H36N2.